The Labute approximate surface area is 144 Å². The van der Waals surface area contributed by atoms with Crippen molar-refractivity contribution in [1.29, 1.82) is 0 Å². The first-order valence-corrected chi connectivity index (χ1v) is 8.51. The SMILES string of the molecule is COc1cccc(Sc2ccccc2-c2nc3ccccc3[nH]2)c1. The lowest BCUT2D eigenvalue weighted by Gasteiger charge is -2.08. The quantitative estimate of drug-likeness (QED) is 0.544. The summed E-state index contributed by atoms with van der Waals surface area (Å²) in [7, 11) is 1.69. The summed E-state index contributed by atoms with van der Waals surface area (Å²) < 4.78 is 5.32. The molecule has 0 amide bonds. The molecule has 0 aliphatic carbocycles. The van der Waals surface area contributed by atoms with Crippen LogP contribution in [0.1, 0.15) is 0 Å². The highest BCUT2D eigenvalue weighted by Crippen LogP contribution is 2.36. The summed E-state index contributed by atoms with van der Waals surface area (Å²) in [6.45, 7) is 0. The molecule has 4 rings (SSSR count). The van der Waals surface area contributed by atoms with Gasteiger partial charge in [0.2, 0.25) is 0 Å². The van der Waals surface area contributed by atoms with Gasteiger partial charge in [0.25, 0.3) is 0 Å². The number of para-hydroxylation sites is 2. The largest absolute Gasteiger partial charge is 0.497 e. The lowest BCUT2D eigenvalue weighted by Crippen LogP contribution is -1.86. The predicted octanol–water partition coefficient (Wildman–Crippen LogP) is 5.39. The summed E-state index contributed by atoms with van der Waals surface area (Å²) in [4.78, 5) is 10.4. The van der Waals surface area contributed by atoms with E-state index in [1.165, 1.54) is 0 Å². The first kappa shape index (κ1) is 14.8. The monoisotopic (exact) mass is 332 g/mol. The third kappa shape index (κ3) is 2.88. The van der Waals surface area contributed by atoms with Crippen molar-refractivity contribution in [1.82, 2.24) is 9.97 Å². The van der Waals surface area contributed by atoms with E-state index < -0.39 is 0 Å². The summed E-state index contributed by atoms with van der Waals surface area (Å²) in [6.07, 6.45) is 0. The normalized spacial score (nSPS) is 10.9. The second-order valence-corrected chi connectivity index (χ2v) is 6.50. The minimum atomic E-state index is 0.862. The lowest BCUT2D eigenvalue weighted by molar-refractivity contribution is 0.413. The number of aromatic amines is 1. The van der Waals surface area contributed by atoms with Gasteiger partial charge in [-0.3, -0.25) is 0 Å². The van der Waals surface area contributed by atoms with Crippen molar-refractivity contribution in [3.63, 3.8) is 0 Å². The Morgan fingerprint density at radius 2 is 1.75 bits per heavy atom. The topological polar surface area (TPSA) is 37.9 Å². The number of ether oxygens (including phenoxy) is 1. The summed E-state index contributed by atoms with van der Waals surface area (Å²) in [5.41, 5.74) is 3.13. The minimum absolute atomic E-state index is 0.862. The van der Waals surface area contributed by atoms with E-state index in [0.717, 1.165) is 38.0 Å². The lowest BCUT2D eigenvalue weighted by atomic mass is 10.2. The molecule has 0 bridgehead atoms. The molecule has 0 radical (unpaired) electrons. The zero-order valence-corrected chi connectivity index (χ0v) is 14.0. The van der Waals surface area contributed by atoms with Crippen LogP contribution >= 0.6 is 11.8 Å². The molecular weight excluding hydrogens is 316 g/mol. The molecular formula is C20H16N2OS. The predicted molar refractivity (Wildman–Crippen MR) is 98.6 cm³/mol. The maximum atomic E-state index is 5.32. The average molecular weight is 332 g/mol. The number of hydrogen-bond donors (Lipinski definition) is 1. The Balaban J connectivity index is 1.74. The highest BCUT2D eigenvalue weighted by Gasteiger charge is 2.11. The van der Waals surface area contributed by atoms with Crippen LogP contribution in [0.25, 0.3) is 22.4 Å². The van der Waals surface area contributed by atoms with Gasteiger partial charge in [-0.2, -0.15) is 0 Å². The number of nitrogens with zero attached hydrogens (tertiary/aromatic N) is 1. The molecule has 0 aliphatic rings. The van der Waals surface area contributed by atoms with E-state index in [9.17, 15) is 0 Å². The molecule has 0 saturated carbocycles. The molecule has 0 unspecified atom stereocenters. The number of methoxy groups -OCH3 is 1. The summed E-state index contributed by atoms with van der Waals surface area (Å²) in [6, 6.07) is 24.5. The van der Waals surface area contributed by atoms with E-state index in [1.54, 1.807) is 18.9 Å². The number of fused-ring (bicyclic) bond motifs is 1. The molecule has 0 fully saturated rings. The first-order chi connectivity index (χ1) is 11.8. The van der Waals surface area contributed by atoms with Crippen molar-refractivity contribution in [2.24, 2.45) is 0 Å². The van der Waals surface area contributed by atoms with Crippen LogP contribution in [0, 0.1) is 0 Å². The molecule has 0 atom stereocenters. The first-order valence-electron chi connectivity index (χ1n) is 7.69. The van der Waals surface area contributed by atoms with Crippen molar-refractivity contribution in [3.05, 3.63) is 72.8 Å². The Morgan fingerprint density at radius 1 is 0.917 bits per heavy atom. The number of hydrogen-bond acceptors (Lipinski definition) is 3. The van der Waals surface area contributed by atoms with E-state index in [2.05, 4.69) is 29.2 Å². The molecule has 118 valence electrons. The fourth-order valence-electron chi connectivity index (χ4n) is 2.62. The number of imidazole rings is 1. The minimum Gasteiger partial charge on any atom is -0.497 e. The summed E-state index contributed by atoms with van der Waals surface area (Å²) >= 11 is 1.71. The Kier molecular flexibility index (Phi) is 3.97. The molecule has 0 aliphatic heterocycles. The smallest absolute Gasteiger partial charge is 0.139 e. The van der Waals surface area contributed by atoms with E-state index in [1.807, 2.05) is 48.5 Å². The van der Waals surface area contributed by atoms with Crippen molar-refractivity contribution < 1.29 is 4.74 Å². The van der Waals surface area contributed by atoms with Crippen LogP contribution in [0.15, 0.2) is 82.6 Å². The van der Waals surface area contributed by atoms with Crippen LogP contribution in [-0.2, 0) is 0 Å². The van der Waals surface area contributed by atoms with Gasteiger partial charge in [-0.05, 0) is 36.4 Å². The van der Waals surface area contributed by atoms with E-state index in [4.69, 9.17) is 9.72 Å². The van der Waals surface area contributed by atoms with Crippen molar-refractivity contribution in [2.75, 3.05) is 7.11 Å². The van der Waals surface area contributed by atoms with Gasteiger partial charge in [-0.15, -0.1) is 0 Å². The van der Waals surface area contributed by atoms with Crippen LogP contribution in [0.3, 0.4) is 0 Å². The molecule has 4 aromatic rings. The van der Waals surface area contributed by atoms with Crippen LogP contribution < -0.4 is 4.74 Å². The second kappa shape index (κ2) is 6.42. The van der Waals surface area contributed by atoms with Gasteiger partial charge in [0.1, 0.15) is 11.6 Å². The molecule has 3 nitrogen and oxygen atoms in total. The Morgan fingerprint density at radius 3 is 2.62 bits per heavy atom. The summed E-state index contributed by atoms with van der Waals surface area (Å²) in [5.74, 6) is 1.75. The molecule has 3 aromatic carbocycles. The van der Waals surface area contributed by atoms with Crippen LogP contribution in [0.2, 0.25) is 0 Å². The van der Waals surface area contributed by atoms with Gasteiger partial charge in [0.05, 0.1) is 18.1 Å². The molecule has 1 N–H and O–H groups in total. The molecule has 1 heterocycles. The van der Waals surface area contributed by atoms with E-state index in [-0.39, 0.29) is 0 Å². The van der Waals surface area contributed by atoms with Crippen LogP contribution in [0.5, 0.6) is 5.75 Å². The van der Waals surface area contributed by atoms with Crippen molar-refractivity contribution >= 4 is 22.8 Å². The van der Waals surface area contributed by atoms with E-state index in [0.29, 0.717) is 0 Å². The van der Waals surface area contributed by atoms with Gasteiger partial charge in [0, 0.05) is 15.4 Å². The van der Waals surface area contributed by atoms with Gasteiger partial charge in [-0.1, -0.05) is 48.2 Å². The number of nitrogens with one attached hydrogen (secondary N) is 1. The van der Waals surface area contributed by atoms with Crippen LogP contribution in [-0.4, -0.2) is 17.1 Å². The Bertz CT molecular complexity index is 961. The molecule has 4 heteroatoms. The third-order valence-corrected chi connectivity index (χ3v) is 4.87. The highest BCUT2D eigenvalue weighted by atomic mass is 32.2. The zero-order chi connectivity index (χ0) is 16.4. The van der Waals surface area contributed by atoms with Crippen LogP contribution in [0.4, 0.5) is 0 Å². The second-order valence-electron chi connectivity index (χ2n) is 5.38. The zero-order valence-electron chi connectivity index (χ0n) is 13.2. The summed E-state index contributed by atoms with van der Waals surface area (Å²) in [5, 5.41) is 0. The average Bonchev–Trinajstić information content (AvgIpc) is 3.06. The van der Waals surface area contributed by atoms with Gasteiger partial charge in [0.15, 0.2) is 0 Å². The fourth-order valence-corrected chi connectivity index (χ4v) is 3.62. The van der Waals surface area contributed by atoms with Gasteiger partial charge < -0.3 is 9.72 Å². The molecule has 24 heavy (non-hydrogen) atoms. The van der Waals surface area contributed by atoms with Crippen molar-refractivity contribution in [2.45, 2.75) is 9.79 Å². The number of rotatable bonds is 4. The highest BCUT2D eigenvalue weighted by molar-refractivity contribution is 7.99. The molecule has 0 saturated heterocycles. The maximum absolute atomic E-state index is 5.32. The van der Waals surface area contributed by atoms with Crippen molar-refractivity contribution in [3.8, 4) is 17.1 Å². The molecule has 1 aromatic heterocycles. The third-order valence-electron chi connectivity index (χ3n) is 3.80. The number of H-pyrrole nitrogens is 1. The number of benzene rings is 3. The van der Waals surface area contributed by atoms with Gasteiger partial charge in [-0.25, -0.2) is 4.98 Å². The van der Waals surface area contributed by atoms with E-state index >= 15 is 0 Å². The van der Waals surface area contributed by atoms with Gasteiger partial charge >= 0.3 is 0 Å². The Hall–Kier alpha value is -2.72. The standard InChI is InChI=1S/C20H16N2OS/c1-23-14-7-6-8-15(13-14)24-19-12-5-2-9-16(19)20-21-17-10-3-4-11-18(17)22-20/h2-13H,1H3,(H,21,22). The fraction of sp³-hybridized carbons (Fsp3) is 0.0500. The maximum Gasteiger partial charge on any atom is 0.139 e. The number of aromatic nitrogens is 2. The molecule has 0 spiro atoms.